The number of carbonyl (C=O) groups is 1. The van der Waals surface area contributed by atoms with Crippen LogP contribution in [0.3, 0.4) is 0 Å². The van der Waals surface area contributed by atoms with Crippen LogP contribution in [0.2, 0.25) is 5.15 Å². The van der Waals surface area contributed by atoms with E-state index in [0.717, 1.165) is 11.8 Å². The maximum atomic E-state index is 13.4. The number of nitrogens with zero attached hydrogens (tertiary/aromatic N) is 2. The summed E-state index contributed by atoms with van der Waals surface area (Å²) in [6.45, 7) is 5.30. The molecule has 4 aromatic rings. The molecule has 0 spiro atoms. The van der Waals surface area contributed by atoms with Gasteiger partial charge in [0, 0.05) is 16.7 Å². The molecule has 0 aliphatic heterocycles. The molecule has 0 fully saturated rings. The Morgan fingerprint density at radius 2 is 1.87 bits per heavy atom. The fourth-order valence-corrected chi connectivity index (χ4v) is 4.76. The Labute approximate surface area is 224 Å². The number of hydrogen-bond acceptors (Lipinski definition) is 8. The van der Waals surface area contributed by atoms with Crippen LogP contribution in [0.4, 0.5) is 5.69 Å². The van der Waals surface area contributed by atoms with Gasteiger partial charge in [-0.25, -0.2) is 18.1 Å². The van der Waals surface area contributed by atoms with Crippen molar-refractivity contribution in [2.24, 2.45) is 0 Å². The predicted molar refractivity (Wildman–Crippen MR) is 146 cm³/mol. The summed E-state index contributed by atoms with van der Waals surface area (Å²) in [6, 6.07) is 15.0. The van der Waals surface area contributed by atoms with Crippen molar-refractivity contribution in [3.05, 3.63) is 91.9 Å². The molecular weight excluding hydrogens is 528 g/mol. The van der Waals surface area contributed by atoms with E-state index in [1.807, 2.05) is 17.7 Å². The van der Waals surface area contributed by atoms with Crippen LogP contribution in [0.15, 0.2) is 57.7 Å². The second-order valence-electron chi connectivity index (χ2n) is 8.87. The fourth-order valence-electron chi connectivity index (χ4n) is 4.18. The first kappa shape index (κ1) is 26.9. The third kappa shape index (κ3) is 5.39. The summed E-state index contributed by atoms with van der Waals surface area (Å²) in [7, 11) is -3.85. The topological polar surface area (TPSA) is 142 Å². The van der Waals surface area contributed by atoms with Crippen molar-refractivity contribution in [2.45, 2.75) is 26.8 Å². The van der Waals surface area contributed by atoms with E-state index in [4.69, 9.17) is 16.0 Å². The Kier molecular flexibility index (Phi) is 7.26. The fraction of sp³-hybridized carbons (Fsp3) is 0.185. The third-order valence-corrected chi connectivity index (χ3v) is 6.64. The highest BCUT2D eigenvalue weighted by atomic mass is 35.5. The van der Waals surface area contributed by atoms with Gasteiger partial charge >= 0.3 is 0 Å². The van der Waals surface area contributed by atoms with Gasteiger partial charge in [-0.2, -0.15) is 5.26 Å². The van der Waals surface area contributed by atoms with Crippen LogP contribution in [-0.4, -0.2) is 25.6 Å². The number of nitriles is 1. The lowest BCUT2D eigenvalue weighted by Gasteiger charge is -2.20. The smallest absolute Gasteiger partial charge is 0.285 e. The first-order valence-corrected chi connectivity index (χ1v) is 13.7. The number of amides is 1. The number of carbonyl (C=O) groups excluding carboxylic acids is 1. The SMILES string of the molecule is Cc1cc([C@@H](C)Nc2ccc(Cl)nc2C(=O)NS(C)(=O)=O)c2oc(-c3ccccc3C#N)c(C)c(=O)c2c1. The van der Waals surface area contributed by atoms with E-state index < -0.39 is 22.0 Å². The Morgan fingerprint density at radius 3 is 2.55 bits per heavy atom. The van der Waals surface area contributed by atoms with Crippen LogP contribution in [0.25, 0.3) is 22.3 Å². The first-order valence-electron chi connectivity index (χ1n) is 11.4. The molecule has 11 heteroatoms. The van der Waals surface area contributed by atoms with Crippen molar-refractivity contribution >= 4 is 44.2 Å². The van der Waals surface area contributed by atoms with Crippen molar-refractivity contribution < 1.29 is 17.6 Å². The molecule has 0 saturated carbocycles. The molecule has 194 valence electrons. The lowest BCUT2D eigenvalue weighted by Crippen LogP contribution is -2.31. The van der Waals surface area contributed by atoms with Gasteiger partial charge in [-0.3, -0.25) is 9.59 Å². The molecule has 1 amide bonds. The summed E-state index contributed by atoms with van der Waals surface area (Å²) >= 11 is 5.98. The monoisotopic (exact) mass is 550 g/mol. The minimum Gasteiger partial charge on any atom is -0.455 e. The van der Waals surface area contributed by atoms with Crippen molar-refractivity contribution in [3.63, 3.8) is 0 Å². The Bertz CT molecular complexity index is 1810. The summed E-state index contributed by atoms with van der Waals surface area (Å²) in [5, 5.41) is 13.1. The molecule has 0 unspecified atom stereocenters. The van der Waals surface area contributed by atoms with Gasteiger partial charge in [-0.05, 0) is 56.7 Å². The number of anilines is 1. The van der Waals surface area contributed by atoms with Gasteiger partial charge in [0.25, 0.3) is 5.91 Å². The maximum absolute atomic E-state index is 13.4. The minimum absolute atomic E-state index is 0.00475. The van der Waals surface area contributed by atoms with E-state index >= 15 is 0 Å². The van der Waals surface area contributed by atoms with E-state index in [2.05, 4.69) is 16.4 Å². The molecule has 1 atom stereocenters. The van der Waals surface area contributed by atoms with Gasteiger partial charge < -0.3 is 9.73 Å². The van der Waals surface area contributed by atoms with Crippen molar-refractivity contribution in [1.82, 2.24) is 9.71 Å². The van der Waals surface area contributed by atoms with Crippen LogP contribution in [0.5, 0.6) is 0 Å². The molecule has 4 rings (SSSR count). The van der Waals surface area contributed by atoms with Gasteiger partial charge in [0.05, 0.1) is 35.0 Å². The highest BCUT2D eigenvalue weighted by Crippen LogP contribution is 2.33. The summed E-state index contributed by atoms with van der Waals surface area (Å²) < 4.78 is 31.4. The van der Waals surface area contributed by atoms with Gasteiger partial charge in [0.15, 0.2) is 11.1 Å². The predicted octanol–water partition coefficient (Wildman–Crippen LogP) is 4.86. The number of hydrogen-bond donors (Lipinski definition) is 2. The average molecular weight is 551 g/mol. The van der Waals surface area contributed by atoms with Gasteiger partial charge in [-0.15, -0.1) is 0 Å². The molecule has 0 saturated heterocycles. The molecular formula is C27H23ClN4O5S. The quantitative estimate of drug-likeness (QED) is 0.324. The van der Waals surface area contributed by atoms with Crippen LogP contribution >= 0.6 is 11.6 Å². The number of aryl methyl sites for hydroxylation is 1. The van der Waals surface area contributed by atoms with Gasteiger partial charge in [0.2, 0.25) is 10.0 Å². The largest absolute Gasteiger partial charge is 0.455 e. The molecule has 2 heterocycles. The molecule has 38 heavy (non-hydrogen) atoms. The van der Waals surface area contributed by atoms with Crippen LogP contribution < -0.4 is 15.5 Å². The molecule has 0 radical (unpaired) electrons. The number of fused-ring (bicyclic) bond motifs is 1. The zero-order valence-corrected chi connectivity index (χ0v) is 22.5. The van der Waals surface area contributed by atoms with E-state index in [-0.39, 0.29) is 22.0 Å². The van der Waals surface area contributed by atoms with Gasteiger partial charge in [-0.1, -0.05) is 29.8 Å². The van der Waals surface area contributed by atoms with Crippen molar-refractivity contribution in [1.29, 1.82) is 5.26 Å². The number of rotatable bonds is 6. The second kappa shape index (κ2) is 10.3. The number of nitrogens with one attached hydrogen (secondary N) is 2. The first-order chi connectivity index (χ1) is 17.9. The summed E-state index contributed by atoms with van der Waals surface area (Å²) in [5.74, 6) is -0.658. The van der Waals surface area contributed by atoms with Crippen molar-refractivity contribution in [3.8, 4) is 17.4 Å². The maximum Gasteiger partial charge on any atom is 0.285 e. The standard InChI is InChI=1S/C27H23ClN4O5S/c1-14-11-19(16(3)30-21-9-10-22(28)31-23(21)27(34)32-38(4,35)36)26-20(12-14)24(33)15(2)25(37-26)18-8-6-5-7-17(18)13-29/h5-12,16,30H,1-4H3,(H,32,34)/t16-/m1/s1. The van der Waals surface area contributed by atoms with E-state index in [1.165, 1.54) is 12.1 Å². The van der Waals surface area contributed by atoms with Crippen molar-refractivity contribution in [2.75, 3.05) is 11.6 Å². The van der Waals surface area contributed by atoms with E-state index in [0.29, 0.717) is 39.0 Å². The number of pyridine rings is 1. The Morgan fingerprint density at radius 1 is 1.16 bits per heavy atom. The molecule has 2 aromatic carbocycles. The molecule has 2 N–H and O–H groups in total. The summed E-state index contributed by atoms with van der Waals surface area (Å²) in [5.41, 5.74) is 2.76. The zero-order chi connectivity index (χ0) is 27.8. The zero-order valence-electron chi connectivity index (χ0n) is 20.9. The minimum atomic E-state index is -3.85. The van der Waals surface area contributed by atoms with E-state index in [9.17, 15) is 23.3 Å². The Balaban J connectivity index is 1.87. The van der Waals surface area contributed by atoms with Crippen LogP contribution in [0.1, 0.15) is 45.7 Å². The summed E-state index contributed by atoms with van der Waals surface area (Å²) in [6.07, 6.45) is 0.857. The molecule has 2 aromatic heterocycles. The number of benzene rings is 2. The highest BCUT2D eigenvalue weighted by Gasteiger charge is 2.23. The molecule has 0 aliphatic carbocycles. The highest BCUT2D eigenvalue weighted by molar-refractivity contribution is 7.89. The number of halogens is 1. The third-order valence-electron chi connectivity index (χ3n) is 5.88. The number of sulfonamides is 1. The summed E-state index contributed by atoms with van der Waals surface area (Å²) in [4.78, 5) is 30.1. The molecule has 9 nitrogen and oxygen atoms in total. The molecule has 0 bridgehead atoms. The average Bonchev–Trinajstić information content (AvgIpc) is 2.86. The van der Waals surface area contributed by atoms with Crippen LogP contribution in [-0.2, 0) is 10.0 Å². The number of aromatic nitrogens is 1. The Hall–Kier alpha value is -4.20. The van der Waals surface area contributed by atoms with Crippen LogP contribution in [0, 0.1) is 25.2 Å². The molecule has 0 aliphatic rings. The van der Waals surface area contributed by atoms with Gasteiger partial charge in [0.1, 0.15) is 16.5 Å². The lowest BCUT2D eigenvalue weighted by molar-refractivity contribution is 0.0977. The van der Waals surface area contributed by atoms with E-state index in [1.54, 1.807) is 44.2 Å². The normalized spacial score (nSPS) is 12.1. The lowest BCUT2D eigenvalue weighted by atomic mass is 9.97. The second-order valence-corrected chi connectivity index (χ2v) is 11.0.